The lowest BCUT2D eigenvalue weighted by atomic mass is 10.0. The number of nitrogens with one attached hydrogen (secondary N) is 5. The molecule has 0 saturated carbocycles. The Morgan fingerprint density at radius 3 is 2.05 bits per heavy atom. The highest BCUT2D eigenvalue weighted by Crippen LogP contribution is 2.21. The normalized spacial score (nSPS) is 13.1. The summed E-state index contributed by atoms with van der Waals surface area (Å²) in [6.07, 6.45) is 1.71. The zero-order valence-corrected chi connectivity index (χ0v) is 36.0. The number of H-pyrrole nitrogens is 1. The summed E-state index contributed by atoms with van der Waals surface area (Å²) < 4.78 is 10.7. The zero-order chi connectivity index (χ0) is 45.2. The first-order valence-corrected chi connectivity index (χ1v) is 20.8. The number of fused-ring (bicyclic) bond motifs is 1. The number of unbranched alkanes of at least 4 members (excludes halogenated alkanes) is 1. The van der Waals surface area contributed by atoms with Crippen LogP contribution in [0.2, 0.25) is 0 Å². The highest BCUT2D eigenvalue weighted by Gasteiger charge is 2.36. The summed E-state index contributed by atoms with van der Waals surface area (Å²) in [4.78, 5) is 98.6. The molecule has 1 heterocycles. The summed E-state index contributed by atoms with van der Waals surface area (Å²) in [5.74, 6) is -4.36. The molecule has 4 rings (SSSR count). The third kappa shape index (κ3) is 15.4. The number of likely N-dealkylation sites (N-methyl/N-ethyl adjacent to an activating group) is 1. The van der Waals surface area contributed by atoms with Crippen molar-refractivity contribution in [3.8, 4) is 0 Å². The molecule has 7 N–H and O–H groups in total. The van der Waals surface area contributed by atoms with Gasteiger partial charge in [-0.3, -0.25) is 28.8 Å². The minimum atomic E-state index is -1.53. The molecule has 4 aromatic rings. The van der Waals surface area contributed by atoms with Crippen molar-refractivity contribution in [1.82, 2.24) is 31.2 Å². The van der Waals surface area contributed by atoms with Gasteiger partial charge >= 0.3 is 12.1 Å². The van der Waals surface area contributed by atoms with Gasteiger partial charge < -0.3 is 46.4 Å². The SMILES string of the molecule is CCCC[C@@H](C(=O)N[C@@H](CC(=O)OCc1ccccc1)C(=O)N[C@@H](Cc1ccccc1)C(N)=O)N(C)C(=O)[C@H](Cc1c[nH]c2ccccc12)NC(=O)CCNC(=O)OC(C)(C)C. The molecule has 0 radical (unpaired) electrons. The lowest BCUT2D eigenvalue weighted by Gasteiger charge is -2.32. The number of nitrogens with zero attached hydrogens (tertiary/aromatic N) is 1. The fourth-order valence-corrected chi connectivity index (χ4v) is 6.66. The number of aromatic amines is 1. The maximum Gasteiger partial charge on any atom is 0.407 e. The Morgan fingerprint density at radius 2 is 1.40 bits per heavy atom. The summed E-state index contributed by atoms with van der Waals surface area (Å²) in [6, 6.07) is 20.2. The van der Waals surface area contributed by atoms with Crippen LogP contribution in [-0.4, -0.2) is 94.8 Å². The van der Waals surface area contributed by atoms with E-state index in [0.717, 1.165) is 16.5 Å². The Morgan fingerprint density at radius 1 is 0.774 bits per heavy atom. The van der Waals surface area contributed by atoms with E-state index in [0.29, 0.717) is 24.0 Å². The van der Waals surface area contributed by atoms with Crippen molar-refractivity contribution in [2.75, 3.05) is 13.6 Å². The number of hydrogen-bond donors (Lipinski definition) is 6. The quantitative estimate of drug-likeness (QED) is 0.0628. The second-order valence-electron chi connectivity index (χ2n) is 16.0. The number of carbonyl (C=O) groups is 7. The number of carbonyl (C=O) groups excluding carboxylic acids is 7. The summed E-state index contributed by atoms with van der Waals surface area (Å²) in [7, 11) is 1.44. The van der Waals surface area contributed by atoms with Gasteiger partial charge in [-0.1, -0.05) is 98.6 Å². The molecule has 0 saturated heterocycles. The Labute approximate surface area is 362 Å². The molecule has 0 fully saturated rings. The number of hydrogen-bond acceptors (Lipinski definition) is 9. The van der Waals surface area contributed by atoms with Crippen LogP contribution in [0.4, 0.5) is 4.79 Å². The number of rotatable bonds is 22. The third-order valence-electron chi connectivity index (χ3n) is 9.89. The maximum absolute atomic E-state index is 14.5. The van der Waals surface area contributed by atoms with Crippen LogP contribution < -0.4 is 27.0 Å². The lowest BCUT2D eigenvalue weighted by Crippen LogP contribution is -2.59. The number of aromatic nitrogens is 1. The molecular formula is C46H59N7O9. The Balaban J connectivity index is 1.58. The number of ether oxygens (including phenoxy) is 2. The van der Waals surface area contributed by atoms with E-state index in [1.807, 2.05) is 37.3 Å². The number of para-hydroxylation sites is 1. The monoisotopic (exact) mass is 853 g/mol. The largest absolute Gasteiger partial charge is 0.461 e. The summed E-state index contributed by atoms with van der Waals surface area (Å²) in [5.41, 5.74) is 7.94. The van der Waals surface area contributed by atoms with Gasteiger partial charge in [-0.15, -0.1) is 0 Å². The van der Waals surface area contributed by atoms with Crippen molar-refractivity contribution < 1.29 is 43.0 Å². The second kappa shape index (κ2) is 23.3. The molecule has 4 atom stereocenters. The smallest absolute Gasteiger partial charge is 0.407 e. The number of benzene rings is 3. The van der Waals surface area contributed by atoms with Crippen LogP contribution in [0.1, 0.15) is 76.5 Å². The topological polar surface area (TPSA) is 231 Å². The summed E-state index contributed by atoms with van der Waals surface area (Å²) in [5, 5.41) is 11.4. The summed E-state index contributed by atoms with van der Waals surface area (Å²) >= 11 is 0. The molecule has 0 unspecified atom stereocenters. The van der Waals surface area contributed by atoms with Crippen LogP contribution in [-0.2, 0) is 57.7 Å². The highest BCUT2D eigenvalue weighted by atomic mass is 16.6. The minimum Gasteiger partial charge on any atom is -0.461 e. The molecule has 0 spiro atoms. The van der Waals surface area contributed by atoms with Gasteiger partial charge in [-0.2, -0.15) is 0 Å². The van der Waals surface area contributed by atoms with E-state index in [-0.39, 0.29) is 38.8 Å². The van der Waals surface area contributed by atoms with Crippen LogP contribution >= 0.6 is 0 Å². The molecule has 16 heteroatoms. The average Bonchev–Trinajstić information content (AvgIpc) is 3.64. The number of esters is 1. The van der Waals surface area contributed by atoms with Crippen molar-refractivity contribution >= 4 is 52.5 Å². The third-order valence-corrected chi connectivity index (χ3v) is 9.89. The van der Waals surface area contributed by atoms with Crippen LogP contribution in [0.15, 0.2) is 91.1 Å². The van der Waals surface area contributed by atoms with Gasteiger partial charge in [0.25, 0.3) is 0 Å². The Bertz CT molecular complexity index is 2140. The van der Waals surface area contributed by atoms with E-state index in [1.165, 1.54) is 11.9 Å². The first-order valence-electron chi connectivity index (χ1n) is 20.8. The van der Waals surface area contributed by atoms with Crippen molar-refractivity contribution in [3.63, 3.8) is 0 Å². The number of nitrogens with two attached hydrogens (primary N) is 1. The molecule has 0 aliphatic rings. The van der Waals surface area contributed by atoms with Crippen molar-refractivity contribution in [2.45, 2.75) is 109 Å². The fraction of sp³-hybridized carbons (Fsp3) is 0.413. The van der Waals surface area contributed by atoms with Crippen LogP contribution in [0, 0.1) is 0 Å². The van der Waals surface area contributed by atoms with E-state index in [2.05, 4.69) is 26.3 Å². The number of alkyl carbamates (subject to hydrolysis) is 1. The molecule has 62 heavy (non-hydrogen) atoms. The Hall–Kier alpha value is -6.71. The highest BCUT2D eigenvalue weighted by molar-refractivity contribution is 5.97. The van der Waals surface area contributed by atoms with Crippen LogP contribution in [0.25, 0.3) is 10.9 Å². The van der Waals surface area contributed by atoms with E-state index in [9.17, 15) is 33.6 Å². The van der Waals surface area contributed by atoms with E-state index in [4.69, 9.17) is 15.2 Å². The lowest BCUT2D eigenvalue weighted by molar-refractivity contribution is -0.148. The molecule has 0 aliphatic carbocycles. The predicted octanol–water partition coefficient (Wildman–Crippen LogP) is 3.96. The van der Waals surface area contributed by atoms with Crippen molar-refractivity contribution in [1.29, 1.82) is 0 Å². The molecule has 3 aromatic carbocycles. The molecule has 332 valence electrons. The molecule has 0 aliphatic heterocycles. The van der Waals surface area contributed by atoms with Gasteiger partial charge in [0.05, 0.1) is 6.42 Å². The average molecular weight is 854 g/mol. The second-order valence-corrected chi connectivity index (χ2v) is 16.0. The molecule has 1 aromatic heterocycles. The first-order chi connectivity index (χ1) is 29.5. The fourth-order valence-electron chi connectivity index (χ4n) is 6.66. The van der Waals surface area contributed by atoms with E-state index < -0.39 is 77.8 Å². The van der Waals surface area contributed by atoms with Crippen molar-refractivity contribution in [2.24, 2.45) is 5.73 Å². The molecule has 6 amide bonds. The standard InChI is InChI=1S/C46H59N7O9/c1-6-7-22-38(53(5)44(59)37(26-32-28-49-34-21-15-14-20-33(32)34)50-39(54)23-24-48-45(60)62-46(2,3)4)43(58)52-36(27-40(55)61-29-31-18-12-9-13-19-31)42(57)51-35(41(47)56)25-30-16-10-8-11-17-30/h8-21,28,35-38,49H,6-7,22-27,29H2,1-5H3,(H2,47,56)(H,48,60)(H,50,54)(H,51,57)(H,52,58)/t35-,36-,37-,38-/m0/s1. The van der Waals surface area contributed by atoms with Gasteiger partial charge in [-0.05, 0) is 49.9 Å². The molecular weight excluding hydrogens is 795 g/mol. The number of primary amides is 1. The van der Waals surface area contributed by atoms with Gasteiger partial charge in [-0.25, -0.2) is 4.79 Å². The van der Waals surface area contributed by atoms with Gasteiger partial charge in [0.15, 0.2) is 0 Å². The minimum absolute atomic E-state index is 0.0503. The Kier molecular flexibility index (Phi) is 18.0. The maximum atomic E-state index is 14.5. The molecule has 0 bridgehead atoms. The van der Waals surface area contributed by atoms with E-state index >= 15 is 0 Å². The first kappa shape index (κ1) is 48.0. The number of amides is 6. The zero-order valence-electron chi connectivity index (χ0n) is 36.0. The van der Waals surface area contributed by atoms with Gasteiger partial charge in [0, 0.05) is 50.0 Å². The molecule has 16 nitrogen and oxygen atoms in total. The van der Waals surface area contributed by atoms with Crippen molar-refractivity contribution in [3.05, 3.63) is 108 Å². The van der Waals surface area contributed by atoms with Crippen LogP contribution in [0.5, 0.6) is 0 Å². The van der Waals surface area contributed by atoms with Gasteiger partial charge in [0.2, 0.25) is 29.5 Å². The van der Waals surface area contributed by atoms with E-state index in [1.54, 1.807) is 81.6 Å². The van der Waals surface area contributed by atoms with Crippen LogP contribution in [0.3, 0.4) is 0 Å². The van der Waals surface area contributed by atoms with Gasteiger partial charge in [0.1, 0.15) is 36.4 Å². The predicted molar refractivity (Wildman–Crippen MR) is 233 cm³/mol. The summed E-state index contributed by atoms with van der Waals surface area (Å²) in [6.45, 7) is 6.91.